The molecule has 0 bridgehead atoms. The van der Waals surface area contributed by atoms with Crippen LogP contribution in [0.1, 0.15) is 45.6 Å². The molecule has 1 aliphatic rings. The molecule has 0 radical (unpaired) electrons. The predicted molar refractivity (Wildman–Crippen MR) is 127 cm³/mol. The molecule has 6 unspecified atom stereocenters. The monoisotopic (exact) mass is 492 g/mol. The minimum atomic E-state index is -1.43. The van der Waals surface area contributed by atoms with Gasteiger partial charge in [0.2, 0.25) is 17.7 Å². The van der Waals surface area contributed by atoms with Gasteiger partial charge in [0.25, 0.3) is 0 Å². The summed E-state index contributed by atoms with van der Waals surface area (Å²) in [6, 6.07) is 2.00. The van der Waals surface area contributed by atoms with Crippen LogP contribution in [0.15, 0.2) is 24.3 Å². The SMILES string of the molecule is CCC(C)C(NC(=O)C(NC(=O)C(Cc1ccc(O)cc1)NC(=O)C1CCCN1)C(C)O)C(=O)O. The van der Waals surface area contributed by atoms with Crippen LogP contribution in [0.5, 0.6) is 5.75 Å². The van der Waals surface area contributed by atoms with E-state index in [0.717, 1.165) is 6.42 Å². The molecule has 7 N–H and O–H groups in total. The van der Waals surface area contributed by atoms with Crippen LogP contribution in [0.3, 0.4) is 0 Å². The highest BCUT2D eigenvalue weighted by Crippen LogP contribution is 2.13. The van der Waals surface area contributed by atoms with Crippen molar-refractivity contribution >= 4 is 23.7 Å². The van der Waals surface area contributed by atoms with E-state index in [1.54, 1.807) is 26.0 Å². The second kappa shape index (κ2) is 13.1. The van der Waals surface area contributed by atoms with Gasteiger partial charge in [0.15, 0.2) is 0 Å². The number of carboxylic acid groups (broad SMARTS) is 1. The van der Waals surface area contributed by atoms with Crippen LogP contribution in [0, 0.1) is 5.92 Å². The van der Waals surface area contributed by atoms with Crippen molar-refractivity contribution in [3.05, 3.63) is 29.8 Å². The van der Waals surface area contributed by atoms with Crippen LogP contribution in [0.2, 0.25) is 0 Å². The number of carbonyl (C=O) groups is 4. The summed E-state index contributed by atoms with van der Waals surface area (Å²) in [4.78, 5) is 50.3. The molecule has 1 heterocycles. The van der Waals surface area contributed by atoms with Crippen LogP contribution >= 0.6 is 0 Å². The molecule has 1 saturated heterocycles. The van der Waals surface area contributed by atoms with Gasteiger partial charge in [-0.2, -0.15) is 0 Å². The number of phenolic OH excluding ortho intramolecular Hbond substituents is 1. The van der Waals surface area contributed by atoms with Crippen molar-refractivity contribution in [3.63, 3.8) is 0 Å². The highest BCUT2D eigenvalue weighted by molar-refractivity contribution is 5.94. The van der Waals surface area contributed by atoms with Gasteiger partial charge in [-0.05, 0) is 49.9 Å². The summed E-state index contributed by atoms with van der Waals surface area (Å²) in [7, 11) is 0. The standard InChI is InChI=1S/C24H36N4O7/c1-4-13(2)19(24(34)35)27-23(33)20(14(3)29)28-22(32)18(12-15-7-9-16(30)10-8-15)26-21(31)17-6-5-11-25-17/h7-10,13-14,17-20,25,29-30H,4-6,11-12H2,1-3H3,(H,26,31)(H,27,33)(H,28,32)(H,34,35). The number of rotatable bonds is 12. The number of phenols is 1. The zero-order valence-electron chi connectivity index (χ0n) is 20.3. The van der Waals surface area contributed by atoms with E-state index < -0.39 is 48.1 Å². The molecule has 1 aliphatic heterocycles. The topological polar surface area (TPSA) is 177 Å². The molecule has 6 atom stereocenters. The number of carboxylic acids is 1. The maximum Gasteiger partial charge on any atom is 0.326 e. The Morgan fingerprint density at radius 2 is 1.66 bits per heavy atom. The molecule has 11 heteroatoms. The van der Waals surface area contributed by atoms with E-state index in [0.29, 0.717) is 24.9 Å². The van der Waals surface area contributed by atoms with Gasteiger partial charge in [-0.25, -0.2) is 4.79 Å². The molecule has 0 spiro atoms. The lowest BCUT2D eigenvalue weighted by molar-refractivity contribution is -0.144. The lowest BCUT2D eigenvalue weighted by atomic mass is 9.98. The number of amides is 3. The van der Waals surface area contributed by atoms with Crippen molar-refractivity contribution < 1.29 is 34.5 Å². The van der Waals surface area contributed by atoms with Crippen molar-refractivity contribution in [1.82, 2.24) is 21.3 Å². The Balaban J connectivity index is 2.19. The van der Waals surface area contributed by atoms with Gasteiger partial charge in [0.05, 0.1) is 12.1 Å². The largest absolute Gasteiger partial charge is 0.508 e. The Hall–Kier alpha value is -3.18. The first kappa shape index (κ1) is 28.1. The summed E-state index contributed by atoms with van der Waals surface area (Å²) in [6.45, 7) is 5.46. The van der Waals surface area contributed by atoms with Crippen LogP contribution in [0.4, 0.5) is 0 Å². The number of hydrogen-bond acceptors (Lipinski definition) is 7. The van der Waals surface area contributed by atoms with E-state index in [9.17, 15) is 34.5 Å². The molecule has 1 fully saturated rings. The Kier molecular flexibility index (Phi) is 10.5. The molecule has 194 valence electrons. The number of carbonyl (C=O) groups excluding carboxylic acids is 3. The molecular weight excluding hydrogens is 456 g/mol. The molecule has 0 aromatic heterocycles. The molecule has 0 aliphatic carbocycles. The lowest BCUT2D eigenvalue weighted by Crippen LogP contribution is -2.60. The fourth-order valence-corrected chi connectivity index (χ4v) is 3.84. The molecule has 3 amide bonds. The van der Waals surface area contributed by atoms with E-state index in [-0.39, 0.29) is 24.0 Å². The third-order valence-corrected chi connectivity index (χ3v) is 6.23. The van der Waals surface area contributed by atoms with E-state index in [1.807, 2.05) is 0 Å². The van der Waals surface area contributed by atoms with Crippen LogP contribution in [-0.2, 0) is 25.6 Å². The molecule has 2 rings (SSSR count). The van der Waals surface area contributed by atoms with E-state index >= 15 is 0 Å². The average molecular weight is 493 g/mol. The van der Waals surface area contributed by atoms with Crippen molar-refractivity contribution in [2.24, 2.45) is 5.92 Å². The second-order valence-corrected chi connectivity index (χ2v) is 9.02. The number of aliphatic carboxylic acids is 1. The van der Waals surface area contributed by atoms with Crippen LogP contribution in [0.25, 0.3) is 0 Å². The van der Waals surface area contributed by atoms with E-state index in [1.165, 1.54) is 19.1 Å². The summed E-state index contributed by atoms with van der Waals surface area (Å²) in [5.74, 6) is -3.45. The van der Waals surface area contributed by atoms with Crippen molar-refractivity contribution in [2.75, 3.05) is 6.54 Å². The van der Waals surface area contributed by atoms with Gasteiger partial charge in [-0.3, -0.25) is 14.4 Å². The Bertz CT molecular complexity index is 884. The second-order valence-electron chi connectivity index (χ2n) is 9.02. The van der Waals surface area contributed by atoms with Gasteiger partial charge in [-0.15, -0.1) is 0 Å². The first-order chi connectivity index (χ1) is 16.5. The molecule has 35 heavy (non-hydrogen) atoms. The molecular formula is C24H36N4O7. The fraction of sp³-hybridized carbons (Fsp3) is 0.583. The molecule has 1 aromatic rings. The smallest absolute Gasteiger partial charge is 0.326 e. The van der Waals surface area contributed by atoms with Gasteiger partial charge in [0.1, 0.15) is 23.9 Å². The maximum absolute atomic E-state index is 13.2. The maximum atomic E-state index is 13.2. The minimum Gasteiger partial charge on any atom is -0.508 e. The molecule has 1 aromatic carbocycles. The number of aliphatic hydroxyl groups excluding tert-OH is 1. The third kappa shape index (κ3) is 8.22. The van der Waals surface area contributed by atoms with E-state index in [2.05, 4.69) is 21.3 Å². The van der Waals surface area contributed by atoms with Crippen molar-refractivity contribution in [2.45, 2.75) is 76.7 Å². The van der Waals surface area contributed by atoms with Gasteiger partial charge >= 0.3 is 5.97 Å². The first-order valence-corrected chi connectivity index (χ1v) is 11.9. The third-order valence-electron chi connectivity index (χ3n) is 6.23. The lowest BCUT2D eigenvalue weighted by Gasteiger charge is -2.28. The zero-order chi connectivity index (χ0) is 26.1. The average Bonchev–Trinajstić information content (AvgIpc) is 3.36. The highest BCUT2D eigenvalue weighted by Gasteiger charge is 2.34. The van der Waals surface area contributed by atoms with Crippen molar-refractivity contribution in [3.8, 4) is 5.75 Å². The number of hydrogen-bond donors (Lipinski definition) is 7. The Morgan fingerprint density at radius 1 is 1.03 bits per heavy atom. The van der Waals surface area contributed by atoms with Gasteiger partial charge in [-0.1, -0.05) is 32.4 Å². The van der Waals surface area contributed by atoms with E-state index in [4.69, 9.17) is 0 Å². The summed E-state index contributed by atoms with van der Waals surface area (Å²) in [5, 5.41) is 39.8. The van der Waals surface area contributed by atoms with Gasteiger partial charge in [0, 0.05) is 6.42 Å². The summed E-state index contributed by atoms with van der Waals surface area (Å²) in [6.07, 6.45) is 0.705. The quantitative estimate of drug-likeness (QED) is 0.207. The zero-order valence-corrected chi connectivity index (χ0v) is 20.3. The van der Waals surface area contributed by atoms with Crippen LogP contribution in [-0.4, -0.2) is 75.8 Å². The molecule has 0 saturated carbocycles. The summed E-state index contributed by atoms with van der Waals surface area (Å²) < 4.78 is 0. The number of aromatic hydroxyl groups is 1. The Morgan fingerprint density at radius 3 is 2.17 bits per heavy atom. The fourth-order valence-electron chi connectivity index (χ4n) is 3.84. The minimum absolute atomic E-state index is 0.0501. The summed E-state index contributed by atoms with van der Waals surface area (Å²) >= 11 is 0. The normalized spacial score (nSPS) is 19.6. The van der Waals surface area contributed by atoms with Crippen LogP contribution < -0.4 is 21.3 Å². The Labute approximate surface area is 204 Å². The number of aliphatic hydroxyl groups is 1. The number of benzene rings is 1. The van der Waals surface area contributed by atoms with Crippen molar-refractivity contribution in [1.29, 1.82) is 0 Å². The summed E-state index contributed by atoms with van der Waals surface area (Å²) in [5.41, 5.74) is 0.656. The number of nitrogens with one attached hydrogen (secondary N) is 4. The van der Waals surface area contributed by atoms with Gasteiger partial charge < -0.3 is 36.6 Å². The predicted octanol–water partition coefficient (Wildman–Crippen LogP) is -0.347. The highest BCUT2D eigenvalue weighted by atomic mass is 16.4. The first-order valence-electron chi connectivity index (χ1n) is 11.9. The molecule has 11 nitrogen and oxygen atoms in total.